The molecule has 4 heteroatoms. The highest BCUT2D eigenvalue weighted by molar-refractivity contribution is 5.21. The molecule has 0 aliphatic carbocycles. The Balaban J connectivity index is 2.86. The van der Waals surface area contributed by atoms with Crippen LogP contribution in [0.25, 0.3) is 0 Å². The molecule has 0 bridgehead atoms. The van der Waals surface area contributed by atoms with Crippen molar-refractivity contribution in [3.05, 3.63) is 35.9 Å². The third-order valence-electron chi connectivity index (χ3n) is 1.94. The van der Waals surface area contributed by atoms with E-state index in [4.69, 9.17) is 0 Å². The van der Waals surface area contributed by atoms with Gasteiger partial charge in [-0.25, -0.2) is 0 Å². The van der Waals surface area contributed by atoms with Crippen molar-refractivity contribution >= 4 is 0 Å². The van der Waals surface area contributed by atoms with E-state index in [0.29, 0.717) is 0 Å². The van der Waals surface area contributed by atoms with Gasteiger partial charge in [0, 0.05) is 0 Å². The first-order valence-electron chi connectivity index (χ1n) is 4.16. The summed E-state index contributed by atoms with van der Waals surface area (Å²) in [5.41, 5.74) is -1.57. The molecule has 1 unspecified atom stereocenters. The Morgan fingerprint density at radius 1 is 1.14 bits per heavy atom. The number of halogens is 3. The van der Waals surface area contributed by atoms with E-state index in [1.807, 2.05) is 0 Å². The van der Waals surface area contributed by atoms with E-state index in [0.717, 1.165) is 6.92 Å². The van der Waals surface area contributed by atoms with Crippen molar-refractivity contribution in [1.29, 1.82) is 0 Å². The Kier molecular flexibility index (Phi) is 2.85. The monoisotopic (exact) mass is 204 g/mol. The maximum Gasteiger partial charge on any atom is 0.392 e. The van der Waals surface area contributed by atoms with E-state index in [-0.39, 0.29) is 5.56 Å². The summed E-state index contributed by atoms with van der Waals surface area (Å²) in [5.74, 6) is 0. The van der Waals surface area contributed by atoms with Crippen LogP contribution in [0.1, 0.15) is 18.9 Å². The maximum absolute atomic E-state index is 12.1. The van der Waals surface area contributed by atoms with E-state index >= 15 is 0 Å². The lowest BCUT2D eigenvalue weighted by Gasteiger charge is -2.24. The van der Waals surface area contributed by atoms with Crippen molar-refractivity contribution in [1.82, 2.24) is 0 Å². The molecule has 0 saturated carbocycles. The zero-order valence-electron chi connectivity index (χ0n) is 7.67. The summed E-state index contributed by atoms with van der Waals surface area (Å²) >= 11 is 0. The molecule has 0 fully saturated rings. The first kappa shape index (κ1) is 11.0. The van der Waals surface area contributed by atoms with E-state index in [9.17, 15) is 18.3 Å². The number of benzene rings is 1. The van der Waals surface area contributed by atoms with Crippen molar-refractivity contribution in [2.45, 2.75) is 25.1 Å². The van der Waals surface area contributed by atoms with Gasteiger partial charge >= 0.3 is 6.18 Å². The molecule has 1 N–H and O–H groups in total. The smallest absolute Gasteiger partial charge is 0.385 e. The molecule has 1 atom stereocenters. The van der Waals surface area contributed by atoms with Crippen LogP contribution in [0.15, 0.2) is 30.3 Å². The Hall–Kier alpha value is -1.03. The average Bonchev–Trinajstić information content (AvgIpc) is 2.01. The van der Waals surface area contributed by atoms with Gasteiger partial charge in [0.15, 0.2) is 0 Å². The predicted molar refractivity (Wildman–Crippen MR) is 46.7 cm³/mol. The third kappa shape index (κ3) is 3.03. The molecule has 0 spiro atoms. The van der Waals surface area contributed by atoms with Gasteiger partial charge in [0.05, 0.1) is 12.0 Å². The molecule has 0 aliphatic heterocycles. The molecule has 0 radical (unpaired) electrons. The number of hydrogen-bond donors (Lipinski definition) is 1. The molecule has 1 aromatic rings. The summed E-state index contributed by atoms with van der Waals surface area (Å²) in [6.45, 7) is 1.16. The van der Waals surface area contributed by atoms with Gasteiger partial charge in [0.25, 0.3) is 0 Å². The molecular weight excluding hydrogens is 193 g/mol. The number of rotatable bonds is 2. The zero-order valence-corrected chi connectivity index (χ0v) is 7.67. The third-order valence-corrected chi connectivity index (χ3v) is 1.94. The van der Waals surface area contributed by atoms with Gasteiger partial charge in [-0.05, 0) is 12.5 Å². The summed E-state index contributed by atoms with van der Waals surface area (Å²) in [4.78, 5) is 0. The van der Waals surface area contributed by atoms with E-state index in [1.165, 1.54) is 12.1 Å². The van der Waals surface area contributed by atoms with Crippen LogP contribution in [0.2, 0.25) is 0 Å². The molecule has 1 aromatic carbocycles. The minimum Gasteiger partial charge on any atom is -0.385 e. The summed E-state index contributed by atoms with van der Waals surface area (Å²) in [6.07, 6.45) is -5.59. The SMILES string of the molecule is CC(O)(CC(F)(F)F)c1ccccc1. The van der Waals surface area contributed by atoms with Crippen molar-refractivity contribution in [3.63, 3.8) is 0 Å². The quantitative estimate of drug-likeness (QED) is 0.785. The fourth-order valence-electron chi connectivity index (χ4n) is 1.29. The first-order chi connectivity index (χ1) is 6.31. The number of alkyl halides is 3. The van der Waals surface area contributed by atoms with Gasteiger partial charge < -0.3 is 5.11 Å². The second-order valence-corrected chi connectivity index (χ2v) is 3.43. The van der Waals surface area contributed by atoms with Gasteiger partial charge in [-0.3, -0.25) is 0 Å². The molecular formula is C10H11F3O. The molecule has 0 heterocycles. The van der Waals surface area contributed by atoms with Crippen molar-refractivity contribution in [2.75, 3.05) is 0 Å². The minimum absolute atomic E-state index is 0.275. The van der Waals surface area contributed by atoms with E-state index in [1.54, 1.807) is 18.2 Å². The molecule has 1 nitrogen and oxygen atoms in total. The second kappa shape index (κ2) is 3.61. The van der Waals surface area contributed by atoms with Gasteiger partial charge in [0.1, 0.15) is 0 Å². The Morgan fingerprint density at radius 3 is 2.07 bits per heavy atom. The normalized spacial score (nSPS) is 16.4. The van der Waals surface area contributed by atoms with Crippen LogP contribution in [0.3, 0.4) is 0 Å². The van der Waals surface area contributed by atoms with E-state index in [2.05, 4.69) is 0 Å². The van der Waals surface area contributed by atoms with Crippen LogP contribution >= 0.6 is 0 Å². The van der Waals surface area contributed by atoms with Crippen molar-refractivity contribution in [3.8, 4) is 0 Å². The van der Waals surface area contributed by atoms with Crippen molar-refractivity contribution in [2.24, 2.45) is 0 Å². The van der Waals surface area contributed by atoms with Gasteiger partial charge in [0.2, 0.25) is 0 Å². The standard InChI is InChI=1S/C10H11F3O/c1-9(14,7-10(11,12)13)8-5-3-2-4-6-8/h2-6,14H,7H2,1H3. The topological polar surface area (TPSA) is 20.2 Å². The largest absolute Gasteiger partial charge is 0.392 e. The highest BCUT2D eigenvalue weighted by atomic mass is 19.4. The summed E-state index contributed by atoms with van der Waals surface area (Å²) in [7, 11) is 0. The van der Waals surface area contributed by atoms with Crippen LogP contribution in [0.4, 0.5) is 13.2 Å². The highest BCUT2D eigenvalue weighted by Gasteiger charge is 2.38. The average molecular weight is 204 g/mol. The fraction of sp³-hybridized carbons (Fsp3) is 0.400. The predicted octanol–water partition coefficient (Wildman–Crippen LogP) is 2.85. The van der Waals surface area contributed by atoms with Gasteiger partial charge in [-0.1, -0.05) is 30.3 Å². The fourth-order valence-corrected chi connectivity index (χ4v) is 1.29. The summed E-state index contributed by atoms with van der Waals surface area (Å²) in [6, 6.07) is 7.84. The Morgan fingerprint density at radius 2 is 1.64 bits per heavy atom. The van der Waals surface area contributed by atoms with Crippen LogP contribution in [-0.4, -0.2) is 11.3 Å². The molecule has 78 valence electrons. The highest BCUT2D eigenvalue weighted by Crippen LogP contribution is 2.33. The number of hydrogen-bond acceptors (Lipinski definition) is 1. The minimum atomic E-state index is -4.36. The second-order valence-electron chi connectivity index (χ2n) is 3.43. The van der Waals surface area contributed by atoms with Crippen LogP contribution in [0, 0.1) is 0 Å². The molecule has 0 aromatic heterocycles. The molecule has 0 saturated heterocycles. The maximum atomic E-state index is 12.1. The zero-order chi connectivity index (χ0) is 10.8. The van der Waals surface area contributed by atoms with Crippen LogP contribution in [-0.2, 0) is 5.60 Å². The summed E-state index contributed by atoms with van der Waals surface area (Å²) < 4.78 is 36.2. The lowest BCUT2D eigenvalue weighted by atomic mass is 9.92. The van der Waals surface area contributed by atoms with Crippen LogP contribution < -0.4 is 0 Å². The molecule has 14 heavy (non-hydrogen) atoms. The summed E-state index contributed by atoms with van der Waals surface area (Å²) in [5, 5.41) is 9.60. The lowest BCUT2D eigenvalue weighted by molar-refractivity contribution is -0.174. The Labute approximate surface area is 80.2 Å². The Bertz CT molecular complexity index is 290. The van der Waals surface area contributed by atoms with Gasteiger partial charge in [-0.15, -0.1) is 0 Å². The molecule has 1 rings (SSSR count). The van der Waals surface area contributed by atoms with Crippen LogP contribution in [0.5, 0.6) is 0 Å². The van der Waals surface area contributed by atoms with E-state index < -0.39 is 18.2 Å². The first-order valence-corrected chi connectivity index (χ1v) is 4.16. The van der Waals surface area contributed by atoms with Crippen molar-refractivity contribution < 1.29 is 18.3 Å². The molecule has 0 amide bonds. The number of aliphatic hydroxyl groups is 1. The van der Waals surface area contributed by atoms with Gasteiger partial charge in [-0.2, -0.15) is 13.2 Å². The lowest BCUT2D eigenvalue weighted by Crippen LogP contribution is -2.28. The molecule has 0 aliphatic rings.